The van der Waals surface area contributed by atoms with Crippen LogP contribution in [0.2, 0.25) is 0 Å². The van der Waals surface area contributed by atoms with Gasteiger partial charge in [0.05, 0.1) is 12.1 Å². The Morgan fingerprint density at radius 1 is 1.48 bits per heavy atom. The Morgan fingerprint density at radius 2 is 2.23 bits per heavy atom. The third-order valence-corrected chi connectivity index (χ3v) is 8.14. The Labute approximate surface area is 191 Å². The first-order valence-corrected chi connectivity index (χ1v) is 12.6. The average molecular weight is 469 g/mol. The molecule has 3 rings (SSSR count). The maximum absolute atomic E-state index is 12.1. The first kappa shape index (κ1) is 24.1. The van der Waals surface area contributed by atoms with E-state index in [9.17, 15) is 14.7 Å². The van der Waals surface area contributed by atoms with Crippen molar-refractivity contribution in [2.45, 2.75) is 69.4 Å². The molecule has 7 nitrogen and oxygen atoms in total. The second-order valence-electron chi connectivity index (χ2n) is 9.60. The van der Waals surface area contributed by atoms with Crippen molar-refractivity contribution in [2.24, 2.45) is 10.8 Å². The Morgan fingerprint density at radius 3 is 2.81 bits per heavy atom. The van der Waals surface area contributed by atoms with E-state index >= 15 is 0 Å². The molecular weight excluding hydrogens is 436 g/mol. The number of nitrogens with zero attached hydrogens (tertiary/aromatic N) is 2. The van der Waals surface area contributed by atoms with E-state index in [0.717, 1.165) is 32.1 Å². The Bertz CT molecular complexity index is 813. The Kier molecular flexibility index (Phi) is 7.70. The lowest BCUT2D eigenvalue weighted by Gasteiger charge is -2.46. The van der Waals surface area contributed by atoms with Crippen molar-refractivity contribution in [1.82, 2.24) is 9.88 Å². The van der Waals surface area contributed by atoms with Gasteiger partial charge in [-0.2, -0.15) is 0 Å². The SMILES string of the molecule is CC(C)(C)CCC1(C(O)C=CC2COC(=O)N2CCSc2nc(C(=O)O)cs2)CCC1. The van der Waals surface area contributed by atoms with Gasteiger partial charge in [-0.3, -0.25) is 4.90 Å². The molecule has 1 aromatic heterocycles. The number of aromatic nitrogens is 1. The topological polar surface area (TPSA) is 100.0 Å². The Hall–Kier alpha value is -1.58. The lowest BCUT2D eigenvalue weighted by atomic mass is 9.61. The van der Waals surface area contributed by atoms with Crippen LogP contribution in [-0.4, -0.2) is 63.2 Å². The van der Waals surface area contributed by atoms with Gasteiger partial charge in [0.15, 0.2) is 10.0 Å². The second kappa shape index (κ2) is 9.92. The summed E-state index contributed by atoms with van der Waals surface area (Å²) >= 11 is 2.70. The summed E-state index contributed by atoms with van der Waals surface area (Å²) < 4.78 is 5.89. The molecule has 2 unspecified atom stereocenters. The normalized spacial score (nSPS) is 21.9. The summed E-state index contributed by atoms with van der Waals surface area (Å²) in [4.78, 5) is 28.8. The predicted octanol–water partition coefficient (Wildman–Crippen LogP) is 4.67. The first-order chi connectivity index (χ1) is 14.6. The molecule has 0 aromatic carbocycles. The number of cyclic esters (lactones) is 1. The van der Waals surface area contributed by atoms with Crippen molar-refractivity contribution in [1.29, 1.82) is 0 Å². The largest absolute Gasteiger partial charge is 0.476 e. The number of rotatable bonds is 10. The number of carbonyl (C=O) groups is 2. The number of aliphatic hydroxyl groups is 1. The standard InChI is InChI=1S/C22H32N2O5S2/c1-21(2,3)9-10-22(7-4-8-22)17(25)6-5-15-13-29-20(28)24(15)11-12-30-19-23-16(14-31-19)18(26)27/h5-6,14-15,17,25H,4,7-13H2,1-3H3,(H,26,27). The number of carbonyl (C=O) groups excluding carboxylic acids is 1. The molecule has 31 heavy (non-hydrogen) atoms. The molecule has 9 heteroatoms. The molecule has 0 spiro atoms. The molecule has 1 saturated heterocycles. The number of aliphatic hydroxyl groups excluding tert-OH is 1. The summed E-state index contributed by atoms with van der Waals surface area (Å²) in [5.41, 5.74) is 0.245. The van der Waals surface area contributed by atoms with Gasteiger partial charge in [0.1, 0.15) is 6.61 Å². The van der Waals surface area contributed by atoms with Crippen LogP contribution in [0.3, 0.4) is 0 Å². The quantitative estimate of drug-likeness (QED) is 0.380. The van der Waals surface area contributed by atoms with Crippen molar-refractivity contribution < 1.29 is 24.5 Å². The summed E-state index contributed by atoms with van der Waals surface area (Å²) in [7, 11) is 0. The van der Waals surface area contributed by atoms with Crippen LogP contribution < -0.4 is 0 Å². The number of amides is 1. The van der Waals surface area contributed by atoms with Gasteiger partial charge in [0.2, 0.25) is 0 Å². The number of hydrogen-bond acceptors (Lipinski definition) is 7. The van der Waals surface area contributed by atoms with Crippen molar-refractivity contribution in [3.8, 4) is 0 Å². The Balaban J connectivity index is 1.53. The summed E-state index contributed by atoms with van der Waals surface area (Å²) in [6.07, 6.45) is 8.21. The van der Waals surface area contributed by atoms with Crippen LogP contribution in [0.1, 0.15) is 63.4 Å². The molecule has 172 valence electrons. The van der Waals surface area contributed by atoms with Crippen LogP contribution in [0.25, 0.3) is 0 Å². The van der Waals surface area contributed by atoms with Crippen molar-refractivity contribution >= 4 is 35.2 Å². The number of thioether (sulfide) groups is 1. The maximum atomic E-state index is 12.1. The number of thiazole rings is 1. The zero-order valence-corrected chi connectivity index (χ0v) is 20.0. The first-order valence-electron chi connectivity index (χ1n) is 10.7. The third kappa shape index (κ3) is 6.23. The van der Waals surface area contributed by atoms with Crippen molar-refractivity contribution in [2.75, 3.05) is 18.9 Å². The molecule has 1 amide bonds. The fourth-order valence-electron chi connectivity index (χ4n) is 3.92. The monoisotopic (exact) mass is 468 g/mol. The predicted molar refractivity (Wildman–Crippen MR) is 122 cm³/mol. The third-order valence-electron chi connectivity index (χ3n) is 6.14. The number of aromatic carboxylic acids is 1. The van der Waals surface area contributed by atoms with Gasteiger partial charge in [0, 0.05) is 17.7 Å². The minimum absolute atomic E-state index is 0.0410. The van der Waals surface area contributed by atoms with Gasteiger partial charge in [-0.05, 0) is 36.5 Å². The lowest BCUT2D eigenvalue weighted by Crippen LogP contribution is -2.41. The molecule has 2 fully saturated rings. The summed E-state index contributed by atoms with van der Waals surface area (Å²) in [5, 5.41) is 21.4. The van der Waals surface area contributed by atoms with Gasteiger partial charge >= 0.3 is 12.1 Å². The van der Waals surface area contributed by atoms with E-state index in [1.165, 1.54) is 28.5 Å². The molecule has 2 heterocycles. The number of carboxylic acid groups (broad SMARTS) is 1. The highest BCUT2D eigenvalue weighted by atomic mass is 32.2. The molecule has 2 N–H and O–H groups in total. The van der Waals surface area contributed by atoms with Crippen LogP contribution in [0, 0.1) is 10.8 Å². The molecule has 2 aliphatic rings. The van der Waals surface area contributed by atoms with Crippen LogP contribution >= 0.6 is 23.1 Å². The molecule has 2 atom stereocenters. The highest BCUT2D eigenvalue weighted by molar-refractivity contribution is 8.01. The molecule has 0 radical (unpaired) electrons. The zero-order valence-electron chi connectivity index (χ0n) is 18.4. The van der Waals surface area contributed by atoms with E-state index in [1.807, 2.05) is 12.2 Å². The second-order valence-corrected chi connectivity index (χ2v) is 11.8. The van der Waals surface area contributed by atoms with Crippen molar-refractivity contribution in [3.63, 3.8) is 0 Å². The number of ether oxygens (including phenoxy) is 1. The van der Waals surface area contributed by atoms with E-state index < -0.39 is 12.1 Å². The van der Waals surface area contributed by atoms with E-state index in [0.29, 0.717) is 16.6 Å². The average Bonchev–Trinajstić information content (AvgIpc) is 3.26. The fourth-order valence-corrected chi connectivity index (χ4v) is 5.73. The van der Waals surface area contributed by atoms with Gasteiger partial charge in [0.25, 0.3) is 0 Å². The van der Waals surface area contributed by atoms with E-state index in [2.05, 4.69) is 25.8 Å². The van der Waals surface area contributed by atoms with Gasteiger partial charge < -0.3 is 14.9 Å². The molecule has 1 aromatic rings. The van der Waals surface area contributed by atoms with Crippen LogP contribution in [0.4, 0.5) is 4.79 Å². The van der Waals surface area contributed by atoms with Crippen LogP contribution in [-0.2, 0) is 4.74 Å². The van der Waals surface area contributed by atoms with Gasteiger partial charge in [-0.25, -0.2) is 14.6 Å². The maximum Gasteiger partial charge on any atom is 0.410 e. The highest BCUT2D eigenvalue weighted by Gasteiger charge is 2.43. The molecule has 1 saturated carbocycles. The zero-order chi connectivity index (χ0) is 22.6. The van der Waals surface area contributed by atoms with Crippen LogP contribution in [0.5, 0.6) is 0 Å². The van der Waals surface area contributed by atoms with Gasteiger partial charge in [-0.15, -0.1) is 11.3 Å². The lowest BCUT2D eigenvalue weighted by molar-refractivity contribution is -0.0202. The molecule has 0 bridgehead atoms. The van der Waals surface area contributed by atoms with E-state index in [-0.39, 0.29) is 35.3 Å². The number of carboxylic acids is 1. The van der Waals surface area contributed by atoms with E-state index in [1.54, 1.807) is 4.90 Å². The minimum Gasteiger partial charge on any atom is -0.476 e. The summed E-state index contributed by atoms with van der Waals surface area (Å²) in [6, 6.07) is -0.201. The number of hydrogen-bond donors (Lipinski definition) is 2. The molecule has 1 aliphatic carbocycles. The fraction of sp³-hybridized carbons (Fsp3) is 0.682. The van der Waals surface area contributed by atoms with Crippen molar-refractivity contribution in [3.05, 3.63) is 23.2 Å². The van der Waals surface area contributed by atoms with Crippen LogP contribution in [0.15, 0.2) is 21.9 Å². The van der Waals surface area contributed by atoms with Gasteiger partial charge in [-0.1, -0.05) is 51.1 Å². The minimum atomic E-state index is -1.04. The molecular formula is C22H32N2O5S2. The summed E-state index contributed by atoms with van der Waals surface area (Å²) in [5.74, 6) is -0.453. The molecule has 1 aliphatic heterocycles. The highest BCUT2D eigenvalue weighted by Crippen LogP contribution is 2.49. The summed E-state index contributed by atoms with van der Waals surface area (Å²) in [6.45, 7) is 7.43. The van der Waals surface area contributed by atoms with E-state index in [4.69, 9.17) is 9.84 Å². The smallest absolute Gasteiger partial charge is 0.410 e.